The monoisotopic (exact) mass is 296 g/mol. The Morgan fingerprint density at radius 2 is 1.90 bits per heavy atom. The van der Waals surface area contributed by atoms with Crippen molar-refractivity contribution in [3.05, 3.63) is 0 Å². The van der Waals surface area contributed by atoms with E-state index in [-0.39, 0.29) is 18.5 Å². The Labute approximate surface area is 117 Å². The van der Waals surface area contributed by atoms with E-state index in [1.807, 2.05) is 0 Å². The van der Waals surface area contributed by atoms with Crippen molar-refractivity contribution in [1.82, 2.24) is 10.2 Å². The average molecular weight is 296 g/mol. The van der Waals surface area contributed by atoms with Crippen molar-refractivity contribution >= 4 is 5.97 Å². The molecule has 0 saturated heterocycles. The molecule has 4 nitrogen and oxygen atoms in total. The molecule has 1 fully saturated rings. The number of carbonyl (C=O) groups is 1. The van der Waals surface area contributed by atoms with Crippen molar-refractivity contribution in [2.45, 2.75) is 44.4 Å². The molecule has 0 radical (unpaired) electrons. The zero-order chi connectivity index (χ0) is 15.6. The van der Waals surface area contributed by atoms with Gasteiger partial charge in [-0.1, -0.05) is 0 Å². The second-order valence-electron chi connectivity index (χ2n) is 5.60. The molecule has 0 bridgehead atoms. The van der Waals surface area contributed by atoms with E-state index in [1.54, 1.807) is 20.9 Å². The molecule has 1 unspecified atom stereocenters. The fraction of sp³-hybridized carbons (Fsp3) is 0.923. The van der Waals surface area contributed by atoms with Gasteiger partial charge in [0.05, 0.1) is 13.7 Å². The van der Waals surface area contributed by atoms with Crippen molar-refractivity contribution < 1.29 is 22.7 Å². The van der Waals surface area contributed by atoms with Gasteiger partial charge in [-0.05, 0) is 39.7 Å². The second-order valence-corrected chi connectivity index (χ2v) is 5.60. The first kappa shape index (κ1) is 17.2. The number of esters is 1. The molecule has 0 spiro atoms. The number of nitrogens with zero attached hydrogens (tertiary/aromatic N) is 1. The zero-order valence-corrected chi connectivity index (χ0v) is 12.4. The number of carbonyl (C=O) groups excluding carboxylic acids is 1. The molecule has 0 amide bonds. The van der Waals surface area contributed by atoms with Crippen LogP contribution in [0.2, 0.25) is 0 Å². The van der Waals surface area contributed by atoms with E-state index < -0.39 is 24.2 Å². The summed E-state index contributed by atoms with van der Waals surface area (Å²) in [6.07, 6.45) is -2.63. The Bertz CT molecular complexity index is 343. The van der Waals surface area contributed by atoms with Gasteiger partial charge >= 0.3 is 12.1 Å². The van der Waals surface area contributed by atoms with Gasteiger partial charge in [0.1, 0.15) is 5.54 Å². The van der Waals surface area contributed by atoms with Gasteiger partial charge in [0.2, 0.25) is 0 Å². The van der Waals surface area contributed by atoms with Gasteiger partial charge in [-0.25, -0.2) is 4.79 Å². The lowest BCUT2D eigenvalue weighted by atomic mass is 9.92. The van der Waals surface area contributed by atoms with Gasteiger partial charge in [-0.3, -0.25) is 4.90 Å². The van der Waals surface area contributed by atoms with Gasteiger partial charge < -0.3 is 10.1 Å². The number of ether oxygens (including phenoxy) is 1. The molecule has 7 heteroatoms. The fourth-order valence-electron chi connectivity index (χ4n) is 2.48. The maximum absolute atomic E-state index is 12.7. The third-order valence-electron chi connectivity index (χ3n) is 3.84. The van der Waals surface area contributed by atoms with Crippen LogP contribution in [0.15, 0.2) is 0 Å². The van der Waals surface area contributed by atoms with Crippen LogP contribution in [0.1, 0.15) is 26.7 Å². The summed E-state index contributed by atoms with van der Waals surface area (Å²) < 4.78 is 42.8. The molecule has 0 aromatic heterocycles. The smallest absolute Gasteiger partial charge is 0.401 e. The van der Waals surface area contributed by atoms with E-state index in [2.05, 4.69) is 5.32 Å². The summed E-state index contributed by atoms with van der Waals surface area (Å²) in [4.78, 5) is 13.3. The van der Waals surface area contributed by atoms with Crippen LogP contribution >= 0.6 is 0 Å². The third kappa shape index (κ3) is 4.09. The maximum atomic E-state index is 12.7. The number of likely N-dealkylation sites (N-methyl/N-ethyl adjacent to an activating group) is 1. The first-order chi connectivity index (χ1) is 9.16. The molecular formula is C13H23F3N2O2. The number of methoxy groups -OCH3 is 1. The van der Waals surface area contributed by atoms with Gasteiger partial charge in [0.25, 0.3) is 0 Å². The lowest BCUT2D eigenvalue weighted by Crippen LogP contribution is -2.61. The van der Waals surface area contributed by atoms with E-state index in [0.29, 0.717) is 0 Å². The quantitative estimate of drug-likeness (QED) is 0.727. The summed E-state index contributed by atoms with van der Waals surface area (Å²) >= 11 is 0. The predicted octanol–water partition coefficient (Wildman–Crippen LogP) is 1.80. The van der Waals surface area contributed by atoms with Crippen molar-refractivity contribution in [3.8, 4) is 0 Å². The summed E-state index contributed by atoms with van der Waals surface area (Å²) in [7, 11) is 2.86. The minimum absolute atomic E-state index is 0.00197. The van der Waals surface area contributed by atoms with Crippen molar-refractivity contribution in [3.63, 3.8) is 0 Å². The van der Waals surface area contributed by atoms with E-state index >= 15 is 0 Å². The molecule has 1 rings (SSSR count). The minimum atomic E-state index is -4.29. The summed E-state index contributed by atoms with van der Waals surface area (Å²) in [6, 6.07) is -0.312. The Morgan fingerprint density at radius 1 is 1.35 bits per heavy atom. The summed E-state index contributed by atoms with van der Waals surface area (Å²) in [5, 5.41) is 2.92. The van der Waals surface area contributed by atoms with Gasteiger partial charge in [-0.2, -0.15) is 13.2 Å². The van der Waals surface area contributed by atoms with E-state index in [9.17, 15) is 18.0 Å². The summed E-state index contributed by atoms with van der Waals surface area (Å²) in [5.74, 6) is -0.454. The van der Waals surface area contributed by atoms with Crippen LogP contribution in [0, 0.1) is 5.92 Å². The van der Waals surface area contributed by atoms with Gasteiger partial charge in [-0.15, -0.1) is 0 Å². The molecule has 1 saturated carbocycles. The third-order valence-corrected chi connectivity index (χ3v) is 3.84. The average Bonchev–Trinajstić information content (AvgIpc) is 3.16. The Balaban J connectivity index is 2.93. The highest BCUT2D eigenvalue weighted by atomic mass is 19.4. The highest BCUT2D eigenvalue weighted by molar-refractivity contribution is 5.82. The van der Waals surface area contributed by atoms with Crippen molar-refractivity contribution in [1.29, 1.82) is 0 Å². The molecule has 0 aliphatic heterocycles. The first-order valence-corrected chi connectivity index (χ1v) is 6.74. The summed E-state index contributed by atoms with van der Waals surface area (Å²) in [5.41, 5.74) is -1.05. The molecular weight excluding hydrogens is 273 g/mol. The number of nitrogens with one attached hydrogen (secondary N) is 1. The normalized spacial score (nSPS) is 19.2. The SMILES string of the molecule is CNC(CN(CC(F)(F)F)C(C)C)(C(=O)OC)C1CC1. The molecule has 0 aromatic carbocycles. The van der Waals surface area contributed by atoms with Crippen molar-refractivity contribution in [2.75, 3.05) is 27.2 Å². The standard InChI is InChI=1S/C13H23F3N2O2/c1-9(2)18(8-13(14,15)16)7-12(17-3,10-5-6-10)11(19)20-4/h9-10,17H,5-8H2,1-4H3. The Morgan fingerprint density at radius 3 is 2.20 bits per heavy atom. The van der Waals surface area contributed by atoms with Crippen LogP contribution in [0.25, 0.3) is 0 Å². The highest BCUT2D eigenvalue weighted by Crippen LogP contribution is 2.41. The number of halogens is 3. The van der Waals surface area contributed by atoms with E-state index in [4.69, 9.17) is 4.74 Å². The minimum Gasteiger partial charge on any atom is -0.468 e. The van der Waals surface area contributed by atoms with Crippen LogP contribution in [0.4, 0.5) is 13.2 Å². The van der Waals surface area contributed by atoms with Crippen LogP contribution in [0.3, 0.4) is 0 Å². The van der Waals surface area contributed by atoms with Crippen LogP contribution < -0.4 is 5.32 Å². The summed E-state index contributed by atoms with van der Waals surface area (Å²) in [6.45, 7) is 2.35. The molecule has 1 aliphatic carbocycles. The van der Waals surface area contributed by atoms with Gasteiger partial charge in [0, 0.05) is 12.6 Å². The topological polar surface area (TPSA) is 41.6 Å². The Hall–Kier alpha value is -0.820. The van der Waals surface area contributed by atoms with Crippen LogP contribution in [0.5, 0.6) is 0 Å². The number of hydrogen-bond donors (Lipinski definition) is 1. The molecule has 1 aliphatic rings. The van der Waals surface area contributed by atoms with Gasteiger partial charge in [0.15, 0.2) is 0 Å². The molecule has 0 heterocycles. The Kier molecular flexibility index (Phi) is 5.43. The molecule has 118 valence electrons. The predicted molar refractivity (Wildman–Crippen MR) is 69.3 cm³/mol. The van der Waals surface area contributed by atoms with E-state index in [1.165, 1.54) is 12.0 Å². The van der Waals surface area contributed by atoms with Crippen LogP contribution in [-0.2, 0) is 9.53 Å². The van der Waals surface area contributed by atoms with Crippen LogP contribution in [-0.4, -0.2) is 55.9 Å². The number of alkyl halides is 3. The lowest BCUT2D eigenvalue weighted by molar-refractivity contribution is -0.162. The second kappa shape index (κ2) is 6.30. The molecule has 0 aromatic rings. The largest absolute Gasteiger partial charge is 0.468 e. The zero-order valence-electron chi connectivity index (χ0n) is 12.4. The number of rotatable bonds is 7. The molecule has 20 heavy (non-hydrogen) atoms. The highest BCUT2D eigenvalue weighted by Gasteiger charge is 2.52. The maximum Gasteiger partial charge on any atom is 0.401 e. The van der Waals surface area contributed by atoms with Crippen molar-refractivity contribution in [2.24, 2.45) is 5.92 Å². The first-order valence-electron chi connectivity index (χ1n) is 6.74. The lowest BCUT2D eigenvalue weighted by Gasteiger charge is -2.38. The fourth-order valence-corrected chi connectivity index (χ4v) is 2.48. The molecule has 1 atom stereocenters. The van der Waals surface area contributed by atoms with E-state index in [0.717, 1.165) is 12.8 Å². The number of hydrogen-bond acceptors (Lipinski definition) is 4. The molecule has 1 N–H and O–H groups in total.